The van der Waals surface area contributed by atoms with Crippen molar-refractivity contribution in [2.24, 2.45) is 0 Å². The van der Waals surface area contributed by atoms with Crippen molar-refractivity contribution in [1.82, 2.24) is 25.4 Å². The summed E-state index contributed by atoms with van der Waals surface area (Å²) in [5, 5.41) is 9.94. The minimum Gasteiger partial charge on any atom is -0.376 e. The van der Waals surface area contributed by atoms with Gasteiger partial charge in [0.1, 0.15) is 0 Å². The summed E-state index contributed by atoms with van der Waals surface area (Å²) in [5.41, 5.74) is 0.963. The van der Waals surface area contributed by atoms with Crippen LogP contribution in [-0.2, 0) is 11.3 Å². The van der Waals surface area contributed by atoms with E-state index in [1.807, 2.05) is 31.3 Å². The van der Waals surface area contributed by atoms with Crippen LogP contribution in [0.25, 0.3) is 5.82 Å². The average Bonchev–Trinajstić information content (AvgIpc) is 3.26. The number of nitrogens with zero attached hydrogens (tertiary/aromatic N) is 3. The number of hydrogen-bond donors (Lipinski definition) is 2. The maximum atomic E-state index is 12.0. The first-order valence-corrected chi connectivity index (χ1v) is 7.83. The van der Waals surface area contributed by atoms with Gasteiger partial charge in [-0.25, -0.2) is 14.5 Å². The Morgan fingerprint density at radius 1 is 1.52 bits per heavy atom. The topological polar surface area (TPSA) is 81.1 Å². The van der Waals surface area contributed by atoms with Crippen molar-refractivity contribution < 1.29 is 9.53 Å². The lowest BCUT2D eigenvalue weighted by Crippen LogP contribution is -2.45. The van der Waals surface area contributed by atoms with Gasteiger partial charge in [-0.2, -0.15) is 5.10 Å². The number of carbonyl (C=O) groups is 1. The fourth-order valence-corrected chi connectivity index (χ4v) is 2.63. The van der Waals surface area contributed by atoms with Crippen molar-refractivity contribution in [1.29, 1.82) is 0 Å². The van der Waals surface area contributed by atoms with E-state index in [1.165, 1.54) is 0 Å². The van der Waals surface area contributed by atoms with Crippen molar-refractivity contribution in [2.75, 3.05) is 6.61 Å². The lowest BCUT2D eigenvalue weighted by atomic mass is 10.1. The second kappa shape index (κ2) is 7.23. The number of amides is 2. The van der Waals surface area contributed by atoms with Crippen LogP contribution in [0, 0.1) is 0 Å². The van der Waals surface area contributed by atoms with Gasteiger partial charge < -0.3 is 15.4 Å². The third-order valence-electron chi connectivity index (χ3n) is 3.88. The van der Waals surface area contributed by atoms with E-state index in [2.05, 4.69) is 20.7 Å². The average molecular weight is 315 g/mol. The van der Waals surface area contributed by atoms with E-state index >= 15 is 0 Å². The molecular weight excluding hydrogens is 294 g/mol. The van der Waals surface area contributed by atoms with Crippen molar-refractivity contribution in [2.45, 2.75) is 38.5 Å². The zero-order valence-electron chi connectivity index (χ0n) is 13.1. The monoisotopic (exact) mass is 315 g/mol. The van der Waals surface area contributed by atoms with Gasteiger partial charge in [0.2, 0.25) is 0 Å². The SMILES string of the molecule is C[C@H](NC(=O)NCc1ccnc(-n2cccn2)c1)[C@H]1CCCO1. The number of hydrogen-bond acceptors (Lipinski definition) is 4. The number of ether oxygens (including phenoxy) is 1. The van der Waals surface area contributed by atoms with E-state index < -0.39 is 0 Å². The van der Waals surface area contributed by atoms with E-state index in [0.717, 1.165) is 30.8 Å². The van der Waals surface area contributed by atoms with Crippen LogP contribution in [0.3, 0.4) is 0 Å². The molecule has 1 fully saturated rings. The predicted octanol–water partition coefficient (Wildman–Crippen LogP) is 1.63. The van der Waals surface area contributed by atoms with E-state index in [-0.39, 0.29) is 18.2 Å². The molecule has 7 nitrogen and oxygen atoms in total. The second-order valence-electron chi connectivity index (χ2n) is 5.64. The number of urea groups is 1. The Hall–Kier alpha value is -2.41. The van der Waals surface area contributed by atoms with Gasteiger partial charge in [0.05, 0.1) is 12.1 Å². The first-order valence-electron chi connectivity index (χ1n) is 7.83. The summed E-state index contributed by atoms with van der Waals surface area (Å²) in [5.74, 6) is 0.724. The van der Waals surface area contributed by atoms with E-state index in [4.69, 9.17) is 4.74 Å². The van der Waals surface area contributed by atoms with Crippen LogP contribution < -0.4 is 10.6 Å². The fourth-order valence-electron chi connectivity index (χ4n) is 2.63. The normalized spacial score (nSPS) is 18.6. The smallest absolute Gasteiger partial charge is 0.315 e. The molecule has 0 unspecified atom stereocenters. The molecule has 0 radical (unpaired) electrons. The molecule has 3 rings (SSSR count). The van der Waals surface area contributed by atoms with Crippen molar-refractivity contribution >= 4 is 6.03 Å². The molecule has 7 heteroatoms. The number of rotatable bonds is 5. The number of nitrogens with one attached hydrogen (secondary N) is 2. The first kappa shape index (κ1) is 15.5. The van der Waals surface area contributed by atoms with E-state index in [9.17, 15) is 4.79 Å². The van der Waals surface area contributed by atoms with Crippen LogP contribution in [0.5, 0.6) is 0 Å². The molecule has 2 atom stereocenters. The quantitative estimate of drug-likeness (QED) is 0.879. The van der Waals surface area contributed by atoms with Gasteiger partial charge in [-0.05, 0) is 43.5 Å². The Balaban J connectivity index is 1.51. The molecule has 3 heterocycles. The largest absolute Gasteiger partial charge is 0.376 e. The number of aromatic nitrogens is 3. The molecule has 2 N–H and O–H groups in total. The maximum Gasteiger partial charge on any atom is 0.315 e. The van der Waals surface area contributed by atoms with Crippen LogP contribution in [-0.4, -0.2) is 39.5 Å². The highest BCUT2D eigenvalue weighted by atomic mass is 16.5. The molecule has 2 aromatic heterocycles. The van der Waals surface area contributed by atoms with Gasteiger partial charge in [0.15, 0.2) is 5.82 Å². The van der Waals surface area contributed by atoms with E-state index in [1.54, 1.807) is 17.1 Å². The lowest BCUT2D eigenvalue weighted by molar-refractivity contribution is 0.0860. The molecule has 0 bridgehead atoms. The summed E-state index contributed by atoms with van der Waals surface area (Å²) in [6.45, 7) is 3.18. The summed E-state index contributed by atoms with van der Waals surface area (Å²) in [7, 11) is 0. The zero-order chi connectivity index (χ0) is 16.1. The van der Waals surface area contributed by atoms with Crippen LogP contribution in [0.4, 0.5) is 4.79 Å². The van der Waals surface area contributed by atoms with Crippen molar-refractivity contribution in [3.63, 3.8) is 0 Å². The van der Waals surface area contributed by atoms with Gasteiger partial charge in [-0.1, -0.05) is 0 Å². The van der Waals surface area contributed by atoms with Gasteiger partial charge in [0, 0.05) is 31.7 Å². The van der Waals surface area contributed by atoms with Crippen molar-refractivity contribution in [3.05, 3.63) is 42.4 Å². The van der Waals surface area contributed by atoms with Crippen molar-refractivity contribution in [3.8, 4) is 5.82 Å². The van der Waals surface area contributed by atoms with E-state index in [0.29, 0.717) is 6.54 Å². The van der Waals surface area contributed by atoms with Crippen LogP contribution in [0.1, 0.15) is 25.3 Å². The standard InChI is InChI=1S/C16H21N5O2/c1-12(14-4-2-9-23-14)20-16(22)18-11-13-5-7-17-15(10-13)21-8-3-6-19-21/h3,5-8,10,12,14H,2,4,9,11H2,1H3,(H2,18,20,22)/t12-,14+/m0/s1. The molecule has 1 aliphatic rings. The summed E-state index contributed by atoms with van der Waals surface area (Å²) in [6.07, 6.45) is 7.42. The van der Waals surface area contributed by atoms with Gasteiger partial charge in [0.25, 0.3) is 0 Å². The molecule has 0 aliphatic carbocycles. The molecule has 2 amide bonds. The maximum absolute atomic E-state index is 12.0. The van der Waals surface area contributed by atoms with Crippen LogP contribution in [0.2, 0.25) is 0 Å². The lowest BCUT2D eigenvalue weighted by Gasteiger charge is -2.20. The fraction of sp³-hybridized carbons (Fsp3) is 0.438. The third-order valence-corrected chi connectivity index (χ3v) is 3.88. The number of pyridine rings is 1. The Bertz CT molecular complexity index is 638. The molecule has 1 aliphatic heterocycles. The Morgan fingerprint density at radius 2 is 2.43 bits per heavy atom. The second-order valence-corrected chi connectivity index (χ2v) is 5.64. The molecular formula is C16H21N5O2. The molecule has 122 valence electrons. The van der Waals surface area contributed by atoms with Crippen LogP contribution in [0.15, 0.2) is 36.8 Å². The molecule has 0 saturated carbocycles. The summed E-state index contributed by atoms with van der Waals surface area (Å²) < 4.78 is 7.26. The Morgan fingerprint density at radius 3 is 3.17 bits per heavy atom. The summed E-state index contributed by atoms with van der Waals surface area (Å²) in [4.78, 5) is 16.3. The summed E-state index contributed by atoms with van der Waals surface area (Å²) in [6, 6.07) is 5.43. The first-order chi connectivity index (χ1) is 11.2. The highest BCUT2D eigenvalue weighted by Gasteiger charge is 2.23. The predicted molar refractivity (Wildman–Crippen MR) is 85.2 cm³/mol. The molecule has 0 aromatic carbocycles. The Labute approximate surface area is 135 Å². The number of carbonyl (C=O) groups excluding carboxylic acids is 1. The Kier molecular flexibility index (Phi) is 4.87. The highest BCUT2D eigenvalue weighted by Crippen LogP contribution is 2.15. The molecule has 0 spiro atoms. The molecule has 2 aromatic rings. The zero-order valence-corrected chi connectivity index (χ0v) is 13.1. The minimum atomic E-state index is -0.189. The minimum absolute atomic E-state index is 0.00887. The summed E-state index contributed by atoms with van der Waals surface area (Å²) >= 11 is 0. The van der Waals surface area contributed by atoms with Gasteiger partial charge in [-0.3, -0.25) is 0 Å². The van der Waals surface area contributed by atoms with Gasteiger partial charge in [-0.15, -0.1) is 0 Å². The molecule has 23 heavy (non-hydrogen) atoms. The highest BCUT2D eigenvalue weighted by molar-refractivity contribution is 5.74. The molecule has 1 saturated heterocycles. The van der Waals surface area contributed by atoms with Crippen LogP contribution >= 0.6 is 0 Å². The van der Waals surface area contributed by atoms with Gasteiger partial charge >= 0.3 is 6.03 Å². The third kappa shape index (κ3) is 4.07.